The van der Waals surface area contributed by atoms with Gasteiger partial charge in [-0.25, -0.2) is 0 Å². The van der Waals surface area contributed by atoms with Crippen molar-refractivity contribution in [3.8, 4) is 11.5 Å². The van der Waals surface area contributed by atoms with Crippen LogP contribution in [0.3, 0.4) is 0 Å². The van der Waals surface area contributed by atoms with Gasteiger partial charge in [-0.2, -0.15) is 0 Å². The van der Waals surface area contributed by atoms with Crippen LogP contribution < -0.4 is 25.4 Å². The van der Waals surface area contributed by atoms with E-state index < -0.39 is 0 Å². The Balaban J connectivity index is 1.83. The molecule has 0 atom stereocenters. The molecule has 1 amide bonds. The van der Waals surface area contributed by atoms with Crippen molar-refractivity contribution in [1.29, 1.82) is 0 Å². The van der Waals surface area contributed by atoms with Gasteiger partial charge in [0.25, 0.3) is 0 Å². The van der Waals surface area contributed by atoms with Crippen molar-refractivity contribution in [1.82, 2.24) is 10.6 Å². The van der Waals surface area contributed by atoms with Gasteiger partial charge in [-0.05, 0) is 44.0 Å². The quantitative estimate of drug-likeness (QED) is 0.317. The molecule has 3 N–H and O–H groups in total. The number of carbonyl (C=O) groups is 1. The van der Waals surface area contributed by atoms with Crippen LogP contribution in [0.4, 0.5) is 5.69 Å². The number of guanidine groups is 1. The van der Waals surface area contributed by atoms with Gasteiger partial charge in [0.05, 0.1) is 13.7 Å². The minimum absolute atomic E-state index is 0.108. The van der Waals surface area contributed by atoms with Gasteiger partial charge in [0.2, 0.25) is 5.91 Å². The number of hydrogen-bond donors (Lipinski definition) is 3. The second kappa shape index (κ2) is 12.4. The lowest BCUT2D eigenvalue weighted by atomic mass is 10.1. The van der Waals surface area contributed by atoms with Crippen LogP contribution in [-0.4, -0.2) is 45.2 Å². The number of amides is 1. The zero-order valence-corrected chi connectivity index (χ0v) is 18.2. The SMILES string of the molecule is CCNC(=NCCc1cc(C)ccc1OC)NCCOc1cccc(NC(C)=O)c1. The molecule has 0 bridgehead atoms. The Morgan fingerprint density at radius 3 is 2.70 bits per heavy atom. The number of carbonyl (C=O) groups excluding carboxylic acids is 1. The number of aryl methyl sites for hydroxylation is 1. The number of hydrogen-bond acceptors (Lipinski definition) is 4. The van der Waals surface area contributed by atoms with E-state index in [1.165, 1.54) is 12.5 Å². The van der Waals surface area contributed by atoms with Crippen molar-refractivity contribution < 1.29 is 14.3 Å². The number of benzene rings is 2. The van der Waals surface area contributed by atoms with E-state index in [-0.39, 0.29) is 5.91 Å². The molecule has 2 aromatic rings. The zero-order valence-electron chi connectivity index (χ0n) is 18.2. The van der Waals surface area contributed by atoms with Crippen molar-refractivity contribution in [2.45, 2.75) is 27.2 Å². The predicted octanol–water partition coefficient (Wildman–Crippen LogP) is 3.14. The third kappa shape index (κ3) is 8.03. The Hall–Kier alpha value is -3.22. The van der Waals surface area contributed by atoms with E-state index in [4.69, 9.17) is 9.47 Å². The lowest BCUT2D eigenvalue weighted by Gasteiger charge is -2.13. The van der Waals surface area contributed by atoms with Crippen molar-refractivity contribution in [2.24, 2.45) is 4.99 Å². The number of aliphatic imine (C=N–C) groups is 1. The molecule has 0 saturated carbocycles. The van der Waals surface area contributed by atoms with E-state index in [1.54, 1.807) is 13.2 Å². The Morgan fingerprint density at radius 2 is 1.97 bits per heavy atom. The van der Waals surface area contributed by atoms with Gasteiger partial charge < -0.3 is 25.4 Å². The molecule has 0 unspecified atom stereocenters. The molecule has 0 saturated heterocycles. The molecule has 0 aromatic heterocycles. The summed E-state index contributed by atoms with van der Waals surface area (Å²) in [4.78, 5) is 15.8. The van der Waals surface area contributed by atoms with Crippen LogP contribution in [0.1, 0.15) is 25.0 Å². The molecule has 162 valence electrons. The molecule has 2 rings (SSSR count). The molecule has 7 nitrogen and oxygen atoms in total. The molecule has 0 aliphatic carbocycles. The second-order valence-electron chi connectivity index (χ2n) is 6.81. The monoisotopic (exact) mass is 412 g/mol. The summed E-state index contributed by atoms with van der Waals surface area (Å²) in [6.45, 7) is 8.08. The summed E-state index contributed by atoms with van der Waals surface area (Å²) in [5.74, 6) is 2.24. The molecule has 0 spiro atoms. The maximum atomic E-state index is 11.2. The average Bonchev–Trinajstić information content (AvgIpc) is 2.71. The number of ether oxygens (including phenoxy) is 2. The summed E-state index contributed by atoms with van der Waals surface area (Å²) in [7, 11) is 1.69. The number of anilines is 1. The van der Waals surface area contributed by atoms with E-state index in [0.717, 1.165) is 35.9 Å². The van der Waals surface area contributed by atoms with E-state index >= 15 is 0 Å². The Morgan fingerprint density at radius 1 is 1.13 bits per heavy atom. The van der Waals surface area contributed by atoms with Gasteiger partial charge in [0, 0.05) is 31.8 Å². The maximum absolute atomic E-state index is 11.2. The molecular weight excluding hydrogens is 380 g/mol. The third-order valence-corrected chi connectivity index (χ3v) is 4.25. The van der Waals surface area contributed by atoms with Crippen LogP contribution in [0.25, 0.3) is 0 Å². The molecule has 7 heteroatoms. The first kappa shape index (κ1) is 23.1. The van der Waals surface area contributed by atoms with E-state index in [0.29, 0.717) is 25.4 Å². The highest BCUT2D eigenvalue weighted by Crippen LogP contribution is 2.20. The minimum Gasteiger partial charge on any atom is -0.496 e. The summed E-state index contributed by atoms with van der Waals surface area (Å²) in [6.07, 6.45) is 0.799. The second-order valence-corrected chi connectivity index (χ2v) is 6.81. The van der Waals surface area contributed by atoms with Crippen molar-refractivity contribution in [3.05, 3.63) is 53.6 Å². The number of nitrogens with one attached hydrogen (secondary N) is 3. The predicted molar refractivity (Wildman–Crippen MR) is 122 cm³/mol. The van der Waals surface area contributed by atoms with Crippen LogP contribution >= 0.6 is 0 Å². The standard InChI is InChI=1S/C23H32N4O3/c1-5-24-23(25-12-11-19-15-17(2)9-10-22(19)29-4)26-13-14-30-21-8-6-7-20(16-21)27-18(3)28/h6-10,15-16H,5,11-14H2,1-4H3,(H,27,28)(H2,24,25,26). The van der Waals surface area contributed by atoms with Gasteiger partial charge in [-0.15, -0.1) is 0 Å². The average molecular weight is 413 g/mol. The highest BCUT2D eigenvalue weighted by molar-refractivity contribution is 5.88. The molecule has 0 fully saturated rings. The fourth-order valence-electron chi connectivity index (χ4n) is 2.94. The summed E-state index contributed by atoms with van der Waals surface area (Å²) in [5.41, 5.74) is 3.08. The zero-order chi connectivity index (χ0) is 21.8. The topological polar surface area (TPSA) is 84.0 Å². The van der Waals surface area contributed by atoms with Gasteiger partial charge >= 0.3 is 0 Å². The first-order chi connectivity index (χ1) is 14.5. The minimum atomic E-state index is -0.108. The van der Waals surface area contributed by atoms with Crippen LogP contribution in [0.5, 0.6) is 11.5 Å². The highest BCUT2D eigenvalue weighted by atomic mass is 16.5. The van der Waals surface area contributed by atoms with Crippen LogP contribution in [0.15, 0.2) is 47.5 Å². The summed E-state index contributed by atoms with van der Waals surface area (Å²) < 4.78 is 11.2. The first-order valence-electron chi connectivity index (χ1n) is 10.2. The summed E-state index contributed by atoms with van der Waals surface area (Å²) in [6, 6.07) is 13.5. The molecule has 0 aliphatic heterocycles. The summed E-state index contributed by atoms with van der Waals surface area (Å²) >= 11 is 0. The van der Waals surface area contributed by atoms with E-state index in [1.807, 2.05) is 37.3 Å². The smallest absolute Gasteiger partial charge is 0.221 e. The highest BCUT2D eigenvalue weighted by Gasteiger charge is 2.04. The van der Waals surface area contributed by atoms with Crippen molar-refractivity contribution >= 4 is 17.6 Å². The Kier molecular flexibility index (Phi) is 9.51. The maximum Gasteiger partial charge on any atom is 0.221 e. The van der Waals surface area contributed by atoms with Gasteiger partial charge in [-0.1, -0.05) is 23.8 Å². The largest absolute Gasteiger partial charge is 0.496 e. The lowest BCUT2D eigenvalue weighted by molar-refractivity contribution is -0.114. The Labute approximate surface area is 178 Å². The van der Waals surface area contributed by atoms with Gasteiger partial charge in [0.1, 0.15) is 18.1 Å². The normalized spacial score (nSPS) is 11.0. The van der Waals surface area contributed by atoms with Crippen molar-refractivity contribution in [2.75, 3.05) is 38.7 Å². The first-order valence-corrected chi connectivity index (χ1v) is 10.2. The fourth-order valence-corrected chi connectivity index (χ4v) is 2.94. The third-order valence-electron chi connectivity index (χ3n) is 4.25. The van der Waals surface area contributed by atoms with Crippen molar-refractivity contribution in [3.63, 3.8) is 0 Å². The molecule has 0 heterocycles. The Bertz CT molecular complexity index is 852. The number of nitrogens with zero attached hydrogens (tertiary/aromatic N) is 1. The fraction of sp³-hybridized carbons (Fsp3) is 0.391. The van der Waals surface area contributed by atoms with Gasteiger partial charge in [-0.3, -0.25) is 9.79 Å². The van der Waals surface area contributed by atoms with Crippen LogP contribution in [0.2, 0.25) is 0 Å². The van der Waals surface area contributed by atoms with Gasteiger partial charge in [0.15, 0.2) is 5.96 Å². The molecular formula is C23H32N4O3. The molecule has 0 aliphatic rings. The van der Waals surface area contributed by atoms with E-state index in [9.17, 15) is 4.79 Å². The molecule has 30 heavy (non-hydrogen) atoms. The molecule has 2 aromatic carbocycles. The summed E-state index contributed by atoms with van der Waals surface area (Å²) in [5, 5.41) is 9.27. The van der Waals surface area contributed by atoms with E-state index in [2.05, 4.69) is 33.9 Å². The number of rotatable bonds is 10. The van der Waals surface area contributed by atoms with Crippen LogP contribution in [-0.2, 0) is 11.2 Å². The number of methoxy groups -OCH3 is 1. The van der Waals surface area contributed by atoms with Crippen LogP contribution in [0, 0.1) is 6.92 Å². The molecule has 0 radical (unpaired) electrons. The lowest BCUT2D eigenvalue weighted by Crippen LogP contribution is -2.39.